The highest BCUT2D eigenvalue weighted by Crippen LogP contribution is 2.40. The van der Waals surface area contributed by atoms with Gasteiger partial charge in [-0.1, -0.05) is 31.9 Å². The van der Waals surface area contributed by atoms with E-state index in [9.17, 15) is 14.4 Å². The van der Waals surface area contributed by atoms with Gasteiger partial charge in [-0.05, 0) is 55.2 Å². The molecule has 1 aromatic heterocycles. The van der Waals surface area contributed by atoms with Gasteiger partial charge in [0.2, 0.25) is 11.9 Å². The van der Waals surface area contributed by atoms with Gasteiger partial charge in [0.1, 0.15) is 29.3 Å². The number of carboxylic acid groups (broad SMARTS) is 1. The Morgan fingerprint density at radius 3 is 2.57 bits per heavy atom. The van der Waals surface area contributed by atoms with Crippen LogP contribution in [0.25, 0.3) is 0 Å². The summed E-state index contributed by atoms with van der Waals surface area (Å²) in [5, 5.41) is 15.0. The Kier molecular flexibility index (Phi) is 10.2. The number of aromatic nitrogens is 2. The number of fused-ring (bicyclic) bond motifs is 1. The molecule has 2 aliphatic rings. The Balaban J connectivity index is 1.24. The van der Waals surface area contributed by atoms with E-state index in [4.69, 9.17) is 25.3 Å². The number of benzene rings is 2. The number of amides is 2. The zero-order chi connectivity index (χ0) is 32.8. The summed E-state index contributed by atoms with van der Waals surface area (Å²) in [6, 6.07) is 11.3. The van der Waals surface area contributed by atoms with Gasteiger partial charge in [-0.2, -0.15) is 4.98 Å². The Morgan fingerprint density at radius 2 is 1.89 bits per heavy atom. The fourth-order valence-corrected chi connectivity index (χ4v) is 5.91. The second-order valence-corrected chi connectivity index (χ2v) is 11.5. The minimum absolute atomic E-state index is 0.0587. The summed E-state index contributed by atoms with van der Waals surface area (Å²) in [6.45, 7) is 2.51. The van der Waals surface area contributed by atoms with Gasteiger partial charge in [0.05, 0.1) is 25.6 Å². The van der Waals surface area contributed by atoms with Crippen molar-refractivity contribution in [2.24, 2.45) is 5.73 Å². The molecule has 2 aromatic carbocycles. The number of hydrogen-bond donors (Lipinski definition) is 4. The van der Waals surface area contributed by atoms with Crippen LogP contribution in [0.15, 0.2) is 48.7 Å². The molecule has 0 saturated heterocycles. The summed E-state index contributed by atoms with van der Waals surface area (Å²) in [6.07, 6.45) is 6.90. The molecule has 0 unspecified atom stereocenters. The van der Waals surface area contributed by atoms with E-state index in [1.165, 1.54) is 7.11 Å². The Bertz CT molecular complexity index is 1560. The molecule has 1 saturated carbocycles. The van der Waals surface area contributed by atoms with Gasteiger partial charge in [0.25, 0.3) is 5.91 Å². The number of likely N-dealkylation sites (N-methyl/N-ethyl adjacent to an activating group) is 1. The predicted octanol–water partition coefficient (Wildman–Crippen LogP) is 3.84. The highest BCUT2D eigenvalue weighted by molar-refractivity contribution is 6.04. The topological polar surface area (TPSA) is 172 Å². The predicted molar refractivity (Wildman–Crippen MR) is 174 cm³/mol. The molecule has 1 aliphatic carbocycles. The third-order valence-electron chi connectivity index (χ3n) is 8.51. The van der Waals surface area contributed by atoms with Crippen LogP contribution in [0.1, 0.15) is 61.4 Å². The van der Waals surface area contributed by atoms with Crippen LogP contribution in [0, 0.1) is 0 Å². The van der Waals surface area contributed by atoms with E-state index < -0.39 is 12.0 Å². The second kappa shape index (κ2) is 14.5. The van der Waals surface area contributed by atoms with Crippen molar-refractivity contribution in [3.05, 3.63) is 59.8 Å². The first-order valence-electron chi connectivity index (χ1n) is 15.6. The molecule has 3 aromatic rings. The normalized spacial score (nSPS) is 17.0. The van der Waals surface area contributed by atoms with Crippen molar-refractivity contribution >= 4 is 40.9 Å². The fraction of sp³-hybridized carbons (Fsp3) is 0.424. The van der Waals surface area contributed by atoms with Crippen LogP contribution in [0.4, 0.5) is 23.1 Å². The zero-order valence-electron chi connectivity index (χ0n) is 26.4. The van der Waals surface area contributed by atoms with Gasteiger partial charge in [-0.3, -0.25) is 14.4 Å². The number of aliphatic carboxylic acids is 1. The maximum absolute atomic E-state index is 13.2. The number of hydrogen-bond acceptors (Lipinski definition) is 10. The maximum Gasteiger partial charge on any atom is 0.320 e. The van der Waals surface area contributed by atoms with Crippen molar-refractivity contribution in [2.75, 3.05) is 35.9 Å². The second-order valence-electron chi connectivity index (χ2n) is 11.5. The van der Waals surface area contributed by atoms with Crippen LogP contribution >= 0.6 is 0 Å². The van der Waals surface area contributed by atoms with Crippen molar-refractivity contribution in [1.29, 1.82) is 0 Å². The van der Waals surface area contributed by atoms with Crippen LogP contribution in [-0.2, 0) is 16.1 Å². The molecule has 0 radical (unpaired) electrons. The maximum atomic E-state index is 13.2. The first kappa shape index (κ1) is 32.5. The number of carboxylic acids is 1. The van der Waals surface area contributed by atoms with Crippen molar-refractivity contribution in [3.8, 4) is 11.5 Å². The fourth-order valence-electron chi connectivity index (χ4n) is 5.91. The van der Waals surface area contributed by atoms with Gasteiger partial charge in [0.15, 0.2) is 5.82 Å². The average Bonchev–Trinajstić information content (AvgIpc) is 3.60. The van der Waals surface area contributed by atoms with E-state index in [1.54, 1.807) is 48.5 Å². The van der Waals surface area contributed by atoms with Crippen molar-refractivity contribution in [3.63, 3.8) is 0 Å². The lowest BCUT2D eigenvalue weighted by Gasteiger charge is -2.43. The van der Waals surface area contributed by atoms with Gasteiger partial charge in [0, 0.05) is 31.6 Å². The molecule has 0 bridgehead atoms. The summed E-state index contributed by atoms with van der Waals surface area (Å²) in [7, 11) is 3.30. The quantitative estimate of drug-likeness (QED) is 0.216. The summed E-state index contributed by atoms with van der Waals surface area (Å²) >= 11 is 0. The molecule has 13 nitrogen and oxygen atoms in total. The molecule has 5 N–H and O–H groups in total. The van der Waals surface area contributed by atoms with E-state index in [1.807, 2.05) is 19.1 Å². The lowest BCUT2D eigenvalue weighted by Crippen LogP contribution is -2.55. The lowest BCUT2D eigenvalue weighted by molar-refractivity contribution is -0.138. The van der Waals surface area contributed by atoms with Gasteiger partial charge < -0.3 is 40.7 Å². The zero-order valence-corrected chi connectivity index (χ0v) is 26.4. The molecular weight excluding hydrogens is 590 g/mol. The molecule has 2 heterocycles. The molecule has 1 fully saturated rings. The Hall–Kier alpha value is -4.91. The average molecular weight is 632 g/mol. The number of rotatable bonds is 13. The van der Waals surface area contributed by atoms with E-state index in [0.29, 0.717) is 47.4 Å². The summed E-state index contributed by atoms with van der Waals surface area (Å²) < 4.78 is 11.2. The molecule has 13 heteroatoms. The van der Waals surface area contributed by atoms with Crippen LogP contribution in [0.2, 0.25) is 0 Å². The first-order chi connectivity index (χ1) is 22.2. The summed E-state index contributed by atoms with van der Waals surface area (Å²) in [5.41, 5.74) is 8.06. The standard InChI is InChI=1S/C33H41N7O6/c1-4-26-31(42)39(2)27-19-36-33(38-29(27)40(26)22-7-5-6-8-22)37-25-14-11-21(17-28(25)45-3)30(41)35-18-20-9-12-23(13-10-20)46-16-15-24(34)32(43)44/h9-14,17,19,22,24,26H,4-8,15-16,18,34H2,1-3H3,(H,35,41)(H,43,44)(H,36,37,38)/t24-,26+/m0/s1. The highest BCUT2D eigenvalue weighted by Gasteiger charge is 2.41. The highest BCUT2D eigenvalue weighted by atomic mass is 16.5. The SMILES string of the molecule is CC[C@@H]1C(=O)N(C)c2cnc(Nc3ccc(C(=O)NCc4ccc(OCC[C@H](N)C(=O)O)cc4)cc3OC)nc2N1C1CCCC1. The minimum atomic E-state index is -1.06. The van der Waals surface area contributed by atoms with Crippen LogP contribution in [0.3, 0.4) is 0 Å². The van der Waals surface area contributed by atoms with Gasteiger partial charge in [-0.15, -0.1) is 0 Å². The molecule has 2 atom stereocenters. The van der Waals surface area contributed by atoms with Crippen molar-refractivity contribution in [2.45, 2.75) is 70.1 Å². The smallest absolute Gasteiger partial charge is 0.320 e. The molecule has 5 rings (SSSR count). The minimum Gasteiger partial charge on any atom is -0.495 e. The number of methoxy groups -OCH3 is 1. The summed E-state index contributed by atoms with van der Waals surface area (Å²) in [5.74, 6) is 0.865. The molecule has 46 heavy (non-hydrogen) atoms. The van der Waals surface area contributed by atoms with Crippen LogP contribution < -0.4 is 35.6 Å². The molecule has 1 aliphatic heterocycles. The van der Waals surface area contributed by atoms with E-state index in [0.717, 1.165) is 37.1 Å². The van der Waals surface area contributed by atoms with Gasteiger partial charge >= 0.3 is 5.97 Å². The van der Waals surface area contributed by atoms with Crippen molar-refractivity contribution < 1.29 is 29.0 Å². The number of nitrogens with one attached hydrogen (secondary N) is 2. The molecule has 244 valence electrons. The summed E-state index contributed by atoms with van der Waals surface area (Å²) in [4.78, 5) is 50.2. The first-order valence-corrected chi connectivity index (χ1v) is 15.6. The molecule has 0 spiro atoms. The largest absolute Gasteiger partial charge is 0.495 e. The number of carbonyl (C=O) groups excluding carboxylic acids is 2. The number of ether oxygens (including phenoxy) is 2. The number of anilines is 4. The van der Waals surface area contributed by atoms with E-state index in [2.05, 4.69) is 20.5 Å². The Morgan fingerprint density at radius 1 is 1.15 bits per heavy atom. The van der Waals surface area contributed by atoms with Crippen LogP contribution in [0.5, 0.6) is 11.5 Å². The Labute approximate surface area is 268 Å². The number of nitrogens with zero attached hydrogens (tertiary/aromatic N) is 4. The monoisotopic (exact) mass is 631 g/mol. The van der Waals surface area contributed by atoms with Gasteiger partial charge in [-0.25, -0.2) is 4.98 Å². The van der Waals surface area contributed by atoms with Crippen molar-refractivity contribution in [1.82, 2.24) is 15.3 Å². The third-order valence-corrected chi connectivity index (χ3v) is 8.51. The van der Waals surface area contributed by atoms with Crippen LogP contribution in [-0.4, -0.2) is 71.7 Å². The van der Waals surface area contributed by atoms with E-state index >= 15 is 0 Å². The van der Waals surface area contributed by atoms with E-state index in [-0.39, 0.29) is 36.9 Å². The lowest BCUT2D eigenvalue weighted by atomic mass is 10.0. The molecular formula is C33H41N7O6. The molecule has 2 amide bonds. The number of nitrogens with two attached hydrogens (primary N) is 1. The third kappa shape index (κ3) is 7.15. The number of carbonyl (C=O) groups is 3.